The molecule has 3 aromatic carbocycles. The molecule has 1 aliphatic heterocycles. The van der Waals surface area contributed by atoms with Crippen molar-refractivity contribution in [3.8, 4) is 11.5 Å². The van der Waals surface area contributed by atoms with Gasteiger partial charge >= 0.3 is 10.1 Å². The summed E-state index contributed by atoms with van der Waals surface area (Å²) < 4.78 is 37.7. The Morgan fingerprint density at radius 3 is 2.43 bits per heavy atom. The molecule has 0 aromatic heterocycles. The number of halogens is 1. The highest BCUT2D eigenvalue weighted by Gasteiger charge is 2.33. The summed E-state index contributed by atoms with van der Waals surface area (Å²) in [5.74, 6) is 0.0197. The number of anilines is 1. The zero-order valence-corrected chi connectivity index (χ0v) is 22.8. The molecule has 0 unspecified atom stereocenters. The molecule has 180 valence electrons. The number of hydrogen-bond acceptors (Lipinski definition) is 7. The molecule has 0 spiro atoms. The van der Waals surface area contributed by atoms with E-state index in [1.807, 2.05) is 37.3 Å². The van der Waals surface area contributed by atoms with E-state index < -0.39 is 10.1 Å². The van der Waals surface area contributed by atoms with Gasteiger partial charge in [-0.1, -0.05) is 59.9 Å². The predicted octanol–water partition coefficient (Wildman–Crippen LogP) is 6.33. The van der Waals surface area contributed by atoms with E-state index in [4.69, 9.17) is 21.1 Å². The lowest BCUT2D eigenvalue weighted by Crippen LogP contribution is -2.27. The largest absolute Gasteiger partial charge is 0.490 e. The van der Waals surface area contributed by atoms with Crippen molar-refractivity contribution < 1.29 is 22.1 Å². The minimum Gasteiger partial charge on any atom is -0.490 e. The van der Waals surface area contributed by atoms with Crippen LogP contribution in [0.4, 0.5) is 5.69 Å². The van der Waals surface area contributed by atoms with E-state index in [1.54, 1.807) is 37.3 Å². The van der Waals surface area contributed by atoms with Crippen LogP contribution in [0.1, 0.15) is 18.1 Å². The van der Waals surface area contributed by atoms with Crippen LogP contribution in [0.5, 0.6) is 11.5 Å². The van der Waals surface area contributed by atoms with Gasteiger partial charge in [0, 0.05) is 0 Å². The van der Waals surface area contributed by atoms with Crippen LogP contribution in [0.2, 0.25) is 0 Å². The number of carbonyl (C=O) groups excluding carboxylic acids is 1. The lowest BCUT2D eigenvalue weighted by molar-refractivity contribution is -0.113. The molecule has 0 saturated carbocycles. The second-order valence-electron chi connectivity index (χ2n) is 7.47. The molecule has 0 aliphatic carbocycles. The Morgan fingerprint density at radius 2 is 1.77 bits per heavy atom. The Morgan fingerprint density at radius 1 is 1.09 bits per heavy atom. The van der Waals surface area contributed by atoms with Crippen molar-refractivity contribution in [2.75, 3.05) is 11.5 Å². The molecule has 1 aliphatic rings. The molecule has 6 nitrogen and oxygen atoms in total. The van der Waals surface area contributed by atoms with Crippen molar-refractivity contribution in [3.63, 3.8) is 0 Å². The summed E-state index contributed by atoms with van der Waals surface area (Å²) in [7, 11) is -4.09. The number of benzene rings is 3. The summed E-state index contributed by atoms with van der Waals surface area (Å²) >= 11 is 10.0. The molecular weight excluding hydrogens is 570 g/mol. The lowest BCUT2D eigenvalue weighted by Gasteiger charge is -2.15. The van der Waals surface area contributed by atoms with Gasteiger partial charge in [-0.2, -0.15) is 8.42 Å². The molecule has 0 radical (unpaired) electrons. The standard InChI is InChI=1S/C25H20BrNO5S3/c1-3-31-21-14-17(15-22-24(28)27(25(33)34-22)18-7-5-4-6-8-18)13-20(26)23(21)32-35(29,30)19-11-9-16(2)10-12-19/h4-15H,3H2,1-2H3. The topological polar surface area (TPSA) is 72.9 Å². The minimum absolute atomic E-state index is 0.0291. The molecule has 10 heteroatoms. The summed E-state index contributed by atoms with van der Waals surface area (Å²) in [5.41, 5.74) is 2.25. The first-order valence-electron chi connectivity index (χ1n) is 10.5. The van der Waals surface area contributed by atoms with Gasteiger partial charge in [0.05, 0.1) is 21.7 Å². The number of thiocarbonyl (C=S) groups is 1. The smallest absolute Gasteiger partial charge is 0.339 e. The highest BCUT2D eigenvalue weighted by Crippen LogP contribution is 2.41. The van der Waals surface area contributed by atoms with E-state index in [0.29, 0.717) is 24.9 Å². The number of para-hydroxylation sites is 1. The maximum absolute atomic E-state index is 13.1. The molecule has 0 N–H and O–H groups in total. The zero-order valence-electron chi connectivity index (χ0n) is 18.7. The van der Waals surface area contributed by atoms with Gasteiger partial charge < -0.3 is 8.92 Å². The Labute approximate surface area is 222 Å². The SMILES string of the molecule is CCOc1cc(C=C2SC(=S)N(c3ccccc3)C2=O)cc(Br)c1OS(=O)(=O)c1ccc(C)cc1. The average molecular weight is 591 g/mol. The molecule has 1 amide bonds. The number of thioether (sulfide) groups is 1. The van der Waals surface area contributed by atoms with Gasteiger partial charge in [-0.3, -0.25) is 9.69 Å². The van der Waals surface area contributed by atoms with Crippen LogP contribution in [0.15, 0.2) is 81.0 Å². The third kappa shape index (κ3) is 5.61. The van der Waals surface area contributed by atoms with Crippen molar-refractivity contribution in [2.24, 2.45) is 0 Å². The highest BCUT2D eigenvalue weighted by atomic mass is 79.9. The highest BCUT2D eigenvalue weighted by molar-refractivity contribution is 9.10. The Bertz CT molecular complexity index is 1420. The summed E-state index contributed by atoms with van der Waals surface area (Å²) in [6, 6.07) is 18.8. The summed E-state index contributed by atoms with van der Waals surface area (Å²) in [4.78, 5) is 15.0. The Hall–Kier alpha value is -2.66. The van der Waals surface area contributed by atoms with E-state index in [1.165, 1.54) is 28.8 Å². The normalized spacial score (nSPS) is 15.1. The van der Waals surface area contributed by atoms with Crippen LogP contribution < -0.4 is 13.8 Å². The molecule has 0 bridgehead atoms. The van der Waals surface area contributed by atoms with E-state index in [0.717, 1.165) is 5.56 Å². The molecule has 3 aromatic rings. The van der Waals surface area contributed by atoms with Crippen LogP contribution in [-0.4, -0.2) is 25.3 Å². The molecule has 35 heavy (non-hydrogen) atoms. The monoisotopic (exact) mass is 589 g/mol. The zero-order chi connectivity index (χ0) is 25.2. The van der Waals surface area contributed by atoms with E-state index in [2.05, 4.69) is 15.9 Å². The van der Waals surface area contributed by atoms with Crippen molar-refractivity contribution in [2.45, 2.75) is 18.7 Å². The van der Waals surface area contributed by atoms with Gasteiger partial charge in [-0.15, -0.1) is 0 Å². The van der Waals surface area contributed by atoms with Gasteiger partial charge in [0.15, 0.2) is 15.8 Å². The maximum atomic E-state index is 13.1. The fraction of sp³-hybridized carbons (Fsp3) is 0.120. The van der Waals surface area contributed by atoms with Crippen molar-refractivity contribution in [1.29, 1.82) is 0 Å². The average Bonchev–Trinajstić information content (AvgIpc) is 3.09. The fourth-order valence-electron chi connectivity index (χ4n) is 3.30. The number of nitrogens with zero attached hydrogens (tertiary/aromatic N) is 1. The summed E-state index contributed by atoms with van der Waals surface area (Å²) in [5, 5.41) is 0. The first-order valence-corrected chi connectivity index (χ1v) is 13.9. The molecule has 1 heterocycles. The number of aryl methyl sites for hydroxylation is 1. The summed E-state index contributed by atoms with van der Waals surface area (Å²) in [6.07, 6.45) is 1.69. The molecule has 4 rings (SSSR count). The molecule has 1 fully saturated rings. The van der Waals surface area contributed by atoms with Crippen molar-refractivity contribution >= 4 is 72.0 Å². The Kier molecular flexibility index (Phi) is 7.65. The van der Waals surface area contributed by atoms with Crippen LogP contribution in [0.3, 0.4) is 0 Å². The third-order valence-electron chi connectivity index (χ3n) is 4.94. The van der Waals surface area contributed by atoms with Gasteiger partial charge in [-0.05, 0) is 77.8 Å². The van der Waals surface area contributed by atoms with Gasteiger partial charge in [-0.25, -0.2) is 0 Å². The van der Waals surface area contributed by atoms with Crippen LogP contribution in [0.25, 0.3) is 6.08 Å². The third-order valence-corrected chi connectivity index (χ3v) is 8.07. The molecule has 1 saturated heterocycles. The molecular formula is C25H20BrNO5S3. The second kappa shape index (κ2) is 10.5. The summed E-state index contributed by atoms with van der Waals surface area (Å²) in [6.45, 7) is 3.93. The van der Waals surface area contributed by atoms with Gasteiger partial charge in [0.2, 0.25) is 0 Å². The van der Waals surface area contributed by atoms with Crippen LogP contribution in [0, 0.1) is 6.92 Å². The van der Waals surface area contributed by atoms with E-state index >= 15 is 0 Å². The number of rotatable bonds is 7. The fourth-order valence-corrected chi connectivity index (χ4v) is 6.20. The van der Waals surface area contributed by atoms with Gasteiger partial charge in [0.1, 0.15) is 4.90 Å². The minimum atomic E-state index is -4.09. The lowest BCUT2D eigenvalue weighted by atomic mass is 10.2. The van der Waals surface area contributed by atoms with E-state index in [-0.39, 0.29) is 28.9 Å². The predicted molar refractivity (Wildman–Crippen MR) is 146 cm³/mol. The number of hydrogen-bond donors (Lipinski definition) is 0. The van der Waals surface area contributed by atoms with E-state index in [9.17, 15) is 13.2 Å². The number of amides is 1. The van der Waals surface area contributed by atoms with Crippen molar-refractivity contribution in [1.82, 2.24) is 0 Å². The van der Waals surface area contributed by atoms with Crippen molar-refractivity contribution in [3.05, 3.63) is 87.2 Å². The van der Waals surface area contributed by atoms with Crippen LogP contribution in [-0.2, 0) is 14.9 Å². The second-order valence-corrected chi connectivity index (χ2v) is 11.5. The Balaban J connectivity index is 1.67. The molecule has 0 atom stereocenters. The van der Waals surface area contributed by atoms with Crippen LogP contribution >= 0.6 is 39.9 Å². The number of ether oxygens (including phenoxy) is 1. The maximum Gasteiger partial charge on any atom is 0.339 e. The first kappa shape index (κ1) is 25.4. The quantitative estimate of drug-likeness (QED) is 0.181. The first-order chi connectivity index (χ1) is 16.7. The number of carbonyl (C=O) groups is 1. The van der Waals surface area contributed by atoms with Gasteiger partial charge in [0.25, 0.3) is 5.91 Å².